The molecule has 0 aromatic heterocycles. The molecule has 0 spiro atoms. The van der Waals surface area contributed by atoms with Gasteiger partial charge in [0.2, 0.25) is 5.91 Å². The number of amides is 1. The SMILES string of the molecule is COc1cc(OC)cc(N2CC[C@H](N(C)C(=O)C=C3C[C@H]4CC[C@@H](C3)N4C)C2)c1. The minimum Gasteiger partial charge on any atom is -0.497 e. The van der Waals surface area contributed by atoms with E-state index >= 15 is 0 Å². The Balaban J connectivity index is 1.40. The molecule has 0 N–H and O–H groups in total. The number of hydrogen-bond donors (Lipinski definition) is 0. The van der Waals surface area contributed by atoms with Gasteiger partial charge in [-0.2, -0.15) is 0 Å². The number of ether oxygens (including phenoxy) is 2. The molecule has 2 bridgehead atoms. The molecule has 3 aliphatic heterocycles. The van der Waals surface area contributed by atoms with Crippen LogP contribution in [0.1, 0.15) is 32.1 Å². The summed E-state index contributed by atoms with van der Waals surface area (Å²) in [7, 11) is 7.51. The summed E-state index contributed by atoms with van der Waals surface area (Å²) >= 11 is 0. The van der Waals surface area contributed by atoms with Gasteiger partial charge in [-0.05, 0) is 39.2 Å². The number of hydrogen-bond acceptors (Lipinski definition) is 5. The van der Waals surface area contributed by atoms with Gasteiger partial charge in [-0.1, -0.05) is 5.57 Å². The van der Waals surface area contributed by atoms with Crippen molar-refractivity contribution < 1.29 is 14.3 Å². The van der Waals surface area contributed by atoms with Crippen molar-refractivity contribution in [3.05, 3.63) is 29.8 Å². The molecule has 3 fully saturated rings. The summed E-state index contributed by atoms with van der Waals surface area (Å²) < 4.78 is 10.8. The quantitative estimate of drug-likeness (QED) is 0.713. The molecule has 3 atom stereocenters. The highest BCUT2D eigenvalue weighted by Crippen LogP contribution is 2.37. The topological polar surface area (TPSA) is 45.3 Å². The molecular weight excluding hydrogens is 366 g/mol. The summed E-state index contributed by atoms with van der Waals surface area (Å²) in [4.78, 5) is 19.7. The highest BCUT2D eigenvalue weighted by atomic mass is 16.5. The van der Waals surface area contributed by atoms with Gasteiger partial charge in [-0.15, -0.1) is 0 Å². The van der Waals surface area contributed by atoms with Gasteiger partial charge in [0.15, 0.2) is 0 Å². The van der Waals surface area contributed by atoms with Crippen molar-refractivity contribution in [2.75, 3.05) is 46.3 Å². The van der Waals surface area contributed by atoms with Crippen LogP contribution in [0.25, 0.3) is 0 Å². The van der Waals surface area contributed by atoms with E-state index in [1.165, 1.54) is 18.4 Å². The molecule has 0 unspecified atom stereocenters. The van der Waals surface area contributed by atoms with Crippen LogP contribution in [0.4, 0.5) is 5.69 Å². The lowest BCUT2D eigenvalue weighted by molar-refractivity contribution is -0.126. The van der Waals surface area contributed by atoms with E-state index in [1.54, 1.807) is 14.2 Å². The second kappa shape index (κ2) is 8.27. The maximum atomic E-state index is 12.9. The predicted octanol–water partition coefficient (Wildman–Crippen LogP) is 2.92. The summed E-state index contributed by atoms with van der Waals surface area (Å²) in [5.74, 6) is 1.72. The van der Waals surface area contributed by atoms with E-state index in [-0.39, 0.29) is 11.9 Å². The molecule has 3 heterocycles. The number of anilines is 1. The molecule has 0 aliphatic carbocycles. The lowest BCUT2D eigenvalue weighted by atomic mass is 9.96. The Labute approximate surface area is 174 Å². The van der Waals surface area contributed by atoms with Gasteiger partial charge in [-0.3, -0.25) is 9.69 Å². The summed E-state index contributed by atoms with van der Waals surface area (Å²) in [5, 5.41) is 0. The van der Waals surface area contributed by atoms with Gasteiger partial charge >= 0.3 is 0 Å². The number of likely N-dealkylation sites (N-methyl/N-ethyl adjacent to an activating group) is 1. The number of carbonyl (C=O) groups excluding carboxylic acids is 1. The number of piperidine rings is 1. The van der Waals surface area contributed by atoms with Crippen molar-refractivity contribution in [2.45, 2.75) is 50.2 Å². The molecular formula is C23H33N3O3. The van der Waals surface area contributed by atoms with E-state index in [0.717, 1.165) is 49.5 Å². The molecule has 6 heteroatoms. The molecule has 3 saturated heterocycles. The first-order chi connectivity index (χ1) is 14.0. The van der Waals surface area contributed by atoms with Crippen molar-refractivity contribution in [3.63, 3.8) is 0 Å². The van der Waals surface area contributed by atoms with Gasteiger partial charge in [0, 0.05) is 62.2 Å². The molecule has 0 saturated carbocycles. The number of rotatable bonds is 5. The normalized spacial score (nSPS) is 28.1. The number of nitrogens with zero attached hydrogens (tertiary/aromatic N) is 3. The third-order valence-electron chi connectivity index (χ3n) is 7.07. The number of benzene rings is 1. The van der Waals surface area contributed by atoms with Crippen LogP contribution in [0.3, 0.4) is 0 Å². The van der Waals surface area contributed by atoms with Crippen molar-refractivity contribution >= 4 is 11.6 Å². The van der Waals surface area contributed by atoms with E-state index in [9.17, 15) is 4.79 Å². The molecule has 6 nitrogen and oxygen atoms in total. The molecule has 1 amide bonds. The highest BCUT2D eigenvalue weighted by Gasteiger charge is 2.36. The Morgan fingerprint density at radius 2 is 1.69 bits per heavy atom. The zero-order chi connectivity index (χ0) is 20.5. The smallest absolute Gasteiger partial charge is 0.246 e. The maximum absolute atomic E-state index is 12.9. The molecule has 4 rings (SSSR count). The van der Waals surface area contributed by atoms with Crippen LogP contribution in [-0.2, 0) is 4.79 Å². The molecule has 1 aromatic rings. The summed E-state index contributed by atoms with van der Waals surface area (Å²) in [6.45, 7) is 1.75. The standard InChI is InChI=1S/C23H33N3O3/c1-24-17-5-6-18(24)10-16(9-17)11-23(27)25(2)19-7-8-26(15-19)20-12-21(28-3)14-22(13-20)29-4/h11-14,17-19H,5-10,15H2,1-4H3/t17-,18+,19-/m0/s1. The molecule has 29 heavy (non-hydrogen) atoms. The van der Waals surface area contributed by atoms with Gasteiger partial charge in [0.1, 0.15) is 11.5 Å². The maximum Gasteiger partial charge on any atom is 0.246 e. The van der Waals surface area contributed by atoms with Crippen LogP contribution in [0.5, 0.6) is 11.5 Å². The molecule has 0 radical (unpaired) electrons. The van der Waals surface area contributed by atoms with Crippen molar-refractivity contribution in [1.29, 1.82) is 0 Å². The van der Waals surface area contributed by atoms with Crippen LogP contribution in [0.2, 0.25) is 0 Å². The van der Waals surface area contributed by atoms with Gasteiger partial charge in [0.25, 0.3) is 0 Å². The van der Waals surface area contributed by atoms with Crippen LogP contribution in [-0.4, -0.2) is 75.2 Å². The number of carbonyl (C=O) groups is 1. The minimum atomic E-state index is 0.152. The largest absolute Gasteiger partial charge is 0.497 e. The number of methoxy groups -OCH3 is 2. The second-order valence-electron chi connectivity index (χ2n) is 8.67. The fourth-order valence-electron chi connectivity index (χ4n) is 5.11. The average molecular weight is 400 g/mol. The van der Waals surface area contributed by atoms with E-state index in [4.69, 9.17) is 9.47 Å². The van der Waals surface area contributed by atoms with Crippen LogP contribution in [0, 0.1) is 0 Å². The Morgan fingerprint density at radius 3 is 2.28 bits per heavy atom. The van der Waals surface area contributed by atoms with E-state index in [1.807, 2.05) is 36.2 Å². The van der Waals surface area contributed by atoms with Crippen molar-refractivity contribution in [1.82, 2.24) is 9.80 Å². The van der Waals surface area contributed by atoms with E-state index < -0.39 is 0 Å². The predicted molar refractivity (Wildman–Crippen MR) is 115 cm³/mol. The Kier molecular flexibility index (Phi) is 5.72. The first kappa shape index (κ1) is 20.1. The Morgan fingerprint density at radius 1 is 1.07 bits per heavy atom. The summed E-state index contributed by atoms with van der Waals surface area (Å²) in [6, 6.07) is 7.42. The van der Waals surface area contributed by atoms with Gasteiger partial charge < -0.3 is 19.3 Å². The third-order valence-corrected chi connectivity index (χ3v) is 7.07. The summed E-state index contributed by atoms with van der Waals surface area (Å²) in [5.41, 5.74) is 2.41. The number of fused-ring (bicyclic) bond motifs is 2. The molecule has 3 aliphatic rings. The van der Waals surface area contributed by atoms with Gasteiger partial charge in [0.05, 0.1) is 20.3 Å². The lowest BCUT2D eigenvalue weighted by Gasteiger charge is -2.33. The van der Waals surface area contributed by atoms with Crippen molar-refractivity contribution in [3.8, 4) is 11.5 Å². The summed E-state index contributed by atoms with van der Waals surface area (Å²) in [6.07, 6.45) is 7.53. The molecule has 1 aromatic carbocycles. The zero-order valence-corrected chi connectivity index (χ0v) is 18.1. The van der Waals surface area contributed by atoms with Crippen LogP contribution >= 0.6 is 0 Å². The average Bonchev–Trinajstić information content (AvgIpc) is 3.29. The minimum absolute atomic E-state index is 0.152. The first-order valence-corrected chi connectivity index (χ1v) is 10.6. The fraction of sp³-hybridized carbons (Fsp3) is 0.609. The van der Waals surface area contributed by atoms with Crippen LogP contribution in [0.15, 0.2) is 29.8 Å². The highest BCUT2D eigenvalue weighted by molar-refractivity contribution is 5.88. The zero-order valence-electron chi connectivity index (χ0n) is 18.1. The van der Waals surface area contributed by atoms with E-state index in [2.05, 4.69) is 16.8 Å². The van der Waals surface area contributed by atoms with E-state index in [0.29, 0.717) is 12.1 Å². The lowest BCUT2D eigenvalue weighted by Crippen LogP contribution is -2.40. The van der Waals surface area contributed by atoms with Gasteiger partial charge in [-0.25, -0.2) is 0 Å². The fourth-order valence-corrected chi connectivity index (χ4v) is 5.11. The van der Waals surface area contributed by atoms with Crippen LogP contribution < -0.4 is 14.4 Å². The molecule has 158 valence electrons. The Bertz CT molecular complexity index is 755. The monoisotopic (exact) mass is 399 g/mol. The second-order valence-corrected chi connectivity index (χ2v) is 8.67. The Hall–Kier alpha value is -2.21. The first-order valence-electron chi connectivity index (χ1n) is 10.6. The van der Waals surface area contributed by atoms with Crippen molar-refractivity contribution in [2.24, 2.45) is 0 Å². The third kappa shape index (κ3) is 4.08.